The van der Waals surface area contributed by atoms with Crippen molar-refractivity contribution in [2.75, 3.05) is 6.54 Å². The van der Waals surface area contributed by atoms with Crippen LogP contribution in [-0.2, 0) is 16.6 Å². The van der Waals surface area contributed by atoms with Crippen LogP contribution in [0.4, 0.5) is 0 Å². The van der Waals surface area contributed by atoms with Crippen molar-refractivity contribution in [3.8, 4) is 0 Å². The number of hydrogen-bond acceptors (Lipinski definition) is 3. The second kappa shape index (κ2) is 6.46. The van der Waals surface area contributed by atoms with E-state index in [9.17, 15) is 8.42 Å². The molecule has 118 valence electrons. The largest absolute Gasteiger partial charge is 0.313 e. The molecule has 1 aliphatic rings. The van der Waals surface area contributed by atoms with Gasteiger partial charge >= 0.3 is 0 Å². The molecule has 4 nitrogen and oxygen atoms in total. The molecule has 0 aliphatic heterocycles. The molecule has 1 aromatic carbocycles. The predicted octanol–water partition coefficient (Wildman–Crippen LogP) is 2.49. The van der Waals surface area contributed by atoms with Gasteiger partial charge in [-0.05, 0) is 61.9 Å². The lowest BCUT2D eigenvalue weighted by Gasteiger charge is -2.33. The van der Waals surface area contributed by atoms with E-state index in [-0.39, 0.29) is 6.04 Å². The van der Waals surface area contributed by atoms with Crippen molar-refractivity contribution in [1.29, 1.82) is 0 Å². The van der Waals surface area contributed by atoms with Crippen LogP contribution in [0.5, 0.6) is 0 Å². The van der Waals surface area contributed by atoms with E-state index in [4.69, 9.17) is 0 Å². The van der Waals surface area contributed by atoms with Crippen molar-refractivity contribution >= 4 is 10.0 Å². The van der Waals surface area contributed by atoms with E-state index in [1.807, 2.05) is 20.8 Å². The SMILES string of the molecule is CCNCc1cc(C)c(C)c(S(=O)(=O)NC2CC(C)C2)c1. The summed E-state index contributed by atoms with van der Waals surface area (Å²) in [6, 6.07) is 3.96. The summed E-state index contributed by atoms with van der Waals surface area (Å²) in [7, 11) is -3.42. The highest BCUT2D eigenvalue weighted by Crippen LogP contribution is 2.29. The Kier molecular flexibility index (Phi) is 5.07. The van der Waals surface area contributed by atoms with Gasteiger partial charge in [0.25, 0.3) is 0 Å². The molecule has 1 aromatic rings. The zero-order valence-electron chi connectivity index (χ0n) is 13.4. The van der Waals surface area contributed by atoms with E-state index >= 15 is 0 Å². The summed E-state index contributed by atoms with van der Waals surface area (Å²) in [6.07, 6.45) is 1.88. The highest BCUT2D eigenvalue weighted by atomic mass is 32.2. The average Bonchev–Trinajstić information content (AvgIpc) is 2.37. The highest BCUT2D eigenvalue weighted by Gasteiger charge is 2.30. The van der Waals surface area contributed by atoms with E-state index in [1.165, 1.54) is 0 Å². The van der Waals surface area contributed by atoms with Gasteiger partial charge in [-0.15, -0.1) is 0 Å². The summed E-state index contributed by atoms with van der Waals surface area (Å²) in [4.78, 5) is 0.426. The molecule has 1 fully saturated rings. The van der Waals surface area contributed by atoms with Gasteiger partial charge in [-0.1, -0.05) is 19.9 Å². The lowest BCUT2D eigenvalue weighted by Crippen LogP contribution is -2.43. The quantitative estimate of drug-likeness (QED) is 0.849. The Hall–Kier alpha value is -0.910. The molecule has 0 radical (unpaired) electrons. The van der Waals surface area contributed by atoms with Crippen LogP contribution in [0.2, 0.25) is 0 Å². The maximum Gasteiger partial charge on any atom is 0.241 e. The molecule has 0 aromatic heterocycles. The van der Waals surface area contributed by atoms with Crippen LogP contribution in [0.15, 0.2) is 17.0 Å². The molecule has 5 heteroatoms. The third-order valence-corrected chi connectivity index (χ3v) is 5.89. The number of rotatable bonds is 6. The Labute approximate surface area is 128 Å². The molecule has 2 rings (SSSR count). The fraction of sp³-hybridized carbons (Fsp3) is 0.625. The Morgan fingerprint density at radius 3 is 2.48 bits per heavy atom. The van der Waals surface area contributed by atoms with Gasteiger partial charge in [0.1, 0.15) is 0 Å². The summed E-state index contributed by atoms with van der Waals surface area (Å²) in [5.41, 5.74) is 2.88. The Bertz CT molecular complexity index is 605. The van der Waals surface area contributed by atoms with Gasteiger partial charge in [0.05, 0.1) is 4.90 Å². The fourth-order valence-corrected chi connectivity index (χ4v) is 4.46. The molecular formula is C16H26N2O2S. The minimum absolute atomic E-state index is 0.0992. The summed E-state index contributed by atoms with van der Waals surface area (Å²) >= 11 is 0. The number of benzene rings is 1. The first-order valence-electron chi connectivity index (χ1n) is 7.66. The Balaban J connectivity index is 2.26. The van der Waals surface area contributed by atoms with Crippen LogP contribution in [0.1, 0.15) is 43.4 Å². The summed E-state index contributed by atoms with van der Waals surface area (Å²) in [5, 5.41) is 3.24. The molecule has 21 heavy (non-hydrogen) atoms. The zero-order valence-corrected chi connectivity index (χ0v) is 14.2. The molecule has 0 bridgehead atoms. The van der Waals surface area contributed by atoms with Crippen molar-refractivity contribution in [2.45, 2.75) is 58.0 Å². The van der Waals surface area contributed by atoms with Gasteiger partial charge in [-0.25, -0.2) is 13.1 Å². The second-order valence-electron chi connectivity index (χ2n) is 6.21. The minimum atomic E-state index is -3.42. The van der Waals surface area contributed by atoms with Crippen LogP contribution in [0.25, 0.3) is 0 Å². The third kappa shape index (κ3) is 3.84. The van der Waals surface area contributed by atoms with E-state index in [2.05, 4.69) is 23.0 Å². The van der Waals surface area contributed by atoms with Crippen molar-refractivity contribution in [2.24, 2.45) is 5.92 Å². The molecule has 2 N–H and O–H groups in total. The maximum atomic E-state index is 12.6. The van der Waals surface area contributed by atoms with Crippen molar-refractivity contribution in [3.63, 3.8) is 0 Å². The fourth-order valence-electron chi connectivity index (χ4n) is 2.83. The number of hydrogen-bond donors (Lipinski definition) is 2. The van der Waals surface area contributed by atoms with Crippen LogP contribution in [0.3, 0.4) is 0 Å². The molecular weight excluding hydrogens is 284 g/mol. The van der Waals surface area contributed by atoms with Crippen LogP contribution >= 0.6 is 0 Å². The van der Waals surface area contributed by atoms with Crippen LogP contribution in [-0.4, -0.2) is 21.0 Å². The second-order valence-corrected chi connectivity index (χ2v) is 7.89. The number of aryl methyl sites for hydroxylation is 1. The molecule has 1 aliphatic carbocycles. The third-order valence-electron chi connectivity index (χ3n) is 4.24. The van der Waals surface area contributed by atoms with Gasteiger partial charge < -0.3 is 5.32 Å². The van der Waals surface area contributed by atoms with Crippen molar-refractivity contribution in [3.05, 3.63) is 28.8 Å². The highest BCUT2D eigenvalue weighted by molar-refractivity contribution is 7.89. The minimum Gasteiger partial charge on any atom is -0.313 e. The van der Waals surface area contributed by atoms with E-state index in [0.717, 1.165) is 36.1 Å². The number of nitrogens with one attached hydrogen (secondary N) is 2. The van der Waals surface area contributed by atoms with Crippen molar-refractivity contribution < 1.29 is 8.42 Å². The normalized spacial score (nSPS) is 22.1. The maximum absolute atomic E-state index is 12.6. The number of sulfonamides is 1. The molecule has 0 unspecified atom stereocenters. The van der Waals surface area contributed by atoms with Gasteiger partial charge in [0.15, 0.2) is 0 Å². The standard InChI is InChI=1S/C16H26N2O2S/c1-5-17-10-14-8-12(3)13(4)16(9-14)21(19,20)18-15-6-11(2)7-15/h8-9,11,15,17-18H,5-7,10H2,1-4H3. The summed E-state index contributed by atoms with van der Waals surface area (Å²) < 4.78 is 28.1. The smallest absolute Gasteiger partial charge is 0.241 e. The van der Waals surface area contributed by atoms with Gasteiger partial charge in [0.2, 0.25) is 10.0 Å². The lowest BCUT2D eigenvalue weighted by atomic mass is 9.83. The topological polar surface area (TPSA) is 58.2 Å². The predicted molar refractivity (Wildman–Crippen MR) is 85.8 cm³/mol. The zero-order chi connectivity index (χ0) is 15.6. The summed E-state index contributed by atoms with van der Waals surface area (Å²) in [6.45, 7) is 9.60. The lowest BCUT2D eigenvalue weighted by molar-refractivity contribution is 0.270. The van der Waals surface area contributed by atoms with E-state index in [0.29, 0.717) is 17.4 Å². The first-order chi connectivity index (χ1) is 9.83. The monoisotopic (exact) mass is 310 g/mol. The average molecular weight is 310 g/mol. The van der Waals surface area contributed by atoms with Crippen LogP contribution in [0, 0.1) is 19.8 Å². The van der Waals surface area contributed by atoms with E-state index in [1.54, 1.807) is 6.07 Å². The molecule has 0 amide bonds. The Morgan fingerprint density at radius 1 is 1.24 bits per heavy atom. The van der Waals surface area contributed by atoms with Crippen LogP contribution < -0.4 is 10.0 Å². The van der Waals surface area contributed by atoms with Gasteiger partial charge in [-0.3, -0.25) is 0 Å². The first kappa shape index (κ1) is 16.5. The van der Waals surface area contributed by atoms with Gasteiger partial charge in [-0.2, -0.15) is 0 Å². The molecule has 0 atom stereocenters. The molecule has 1 saturated carbocycles. The first-order valence-corrected chi connectivity index (χ1v) is 9.15. The molecule has 0 saturated heterocycles. The van der Waals surface area contributed by atoms with E-state index < -0.39 is 10.0 Å². The Morgan fingerprint density at radius 2 is 1.90 bits per heavy atom. The van der Waals surface area contributed by atoms with Gasteiger partial charge in [0, 0.05) is 12.6 Å². The molecule has 0 heterocycles. The summed E-state index contributed by atoms with van der Waals surface area (Å²) in [5.74, 6) is 0.626. The molecule has 0 spiro atoms. The van der Waals surface area contributed by atoms with Crippen molar-refractivity contribution in [1.82, 2.24) is 10.0 Å².